The normalized spacial score (nSPS) is 12.4. The van der Waals surface area contributed by atoms with E-state index in [1.807, 2.05) is 30.3 Å². The van der Waals surface area contributed by atoms with E-state index in [-0.39, 0.29) is 12.3 Å². The van der Waals surface area contributed by atoms with Gasteiger partial charge >= 0.3 is 5.97 Å². The first kappa shape index (κ1) is 10.7. The van der Waals surface area contributed by atoms with E-state index in [1.54, 1.807) is 0 Å². The number of aliphatic carboxylic acids is 1. The van der Waals surface area contributed by atoms with Crippen LogP contribution >= 0.6 is 0 Å². The van der Waals surface area contributed by atoms with Gasteiger partial charge in [-0.1, -0.05) is 30.3 Å². The zero-order valence-corrected chi connectivity index (χ0v) is 8.02. The lowest BCUT2D eigenvalue weighted by molar-refractivity contribution is -0.137. The van der Waals surface area contributed by atoms with Gasteiger partial charge < -0.3 is 10.8 Å². The van der Waals surface area contributed by atoms with E-state index in [0.29, 0.717) is 13.0 Å². The number of nitrogens with two attached hydrogens (primary N) is 1. The van der Waals surface area contributed by atoms with Crippen molar-refractivity contribution in [1.29, 1.82) is 0 Å². The second kappa shape index (κ2) is 5.40. The average molecular weight is 193 g/mol. The number of hydrogen-bond acceptors (Lipinski definition) is 2. The Bertz CT molecular complexity index is 285. The summed E-state index contributed by atoms with van der Waals surface area (Å²) in [6.07, 6.45) is 0.784. The first-order valence-electron chi connectivity index (χ1n) is 4.71. The molecule has 0 radical (unpaired) electrons. The maximum atomic E-state index is 10.4. The highest BCUT2D eigenvalue weighted by molar-refractivity contribution is 5.66. The fourth-order valence-corrected chi connectivity index (χ4v) is 1.44. The summed E-state index contributed by atoms with van der Waals surface area (Å²) in [4.78, 5) is 10.4. The molecule has 0 heterocycles. The summed E-state index contributed by atoms with van der Waals surface area (Å²) in [5.41, 5.74) is 6.72. The minimum Gasteiger partial charge on any atom is -0.481 e. The van der Waals surface area contributed by atoms with Gasteiger partial charge in [-0.2, -0.15) is 0 Å². The van der Waals surface area contributed by atoms with E-state index in [1.165, 1.54) is 0 Å². The molecule has 0 unspecified atom stereocenters. The van der Waals surface area contributed by atoms with Gasteiger partial charge in [-0.15, -0.1) is 0 Å². The van der Waals surface area contributed by atoms with Crippen LogP contribution < -0.4 is 5.73 Å². The molecule has 0 aliphatic heterocycles. The van der Waals surface area contributed by atoms with E-state index >= 15 is 0 Å². The van der Waals surface area contributed by atoms with Gasteiger partial charge in [0.1, 0.15) is 0 Å². The van der Waals surface area contributed by atoms with Crippen molar-refractivity contribution in [3.05, 3.63) is 35.9 Å². The lowest BCUT2D eigenvalue weighted by Gasteiger charge is -2.13. The van der Waals surface area contributed by atoms with Crippen LogP contribution in [0, 0.1) is 0 Å². The Morgan fingerprint density at radius 1 is 1.36 bits per heavy atom. The van der Waals surface area contributed by atoms with Gasteiger partial charge in [0.05, 0.1) is 0 Å². The number of rotatable bonds is 5. The summed E-state index contributed by atoms with van der Waals surface area (Å²) in [6.45, 7) is 0.497. The summed E-state index contributed by atoms with van der Waals surface area (Å²) in [5, 5.41) is 8.56. The maximum absolute atomic E-state index is 10.4. The topological polar surface area (TPSA) is 63.3 Å². The molecule has 1 rings (SSSR count). The molecule has 0 saturated carbocycles. The van der Waals surface area contributed by atoms with Crippen molar-refractivity contribution in [3.63, 3.8) is 0 Å². The molecular weight excluding hydrogens is 178 g/mol. The number of benzene rings is 1. The second-order valence-corrected chi connectivity index (χ2v) is 3.28. The van der Waals surface area contributed by atoms with Gasteiger partial charge in [0, 0.05) is 6.42 Å². The fourth-order valence-electron chi connectivity index (χ4n) is 1.44. The van der Waals surface area contributed by atoms with Crippen LogP contribution in [0.1, 0.15) is 24.3 Å². The van der Waals surface area contributed by atoms with Crippen molar-refractivity contribution in [2.24, 2.45) is 5.73 Å². The number of hydrogen-bond donors (Lipinski definition) is 2. The molecule has 0 saturated heterocycles. The Morgan fingerprint density at radius 2 is 2.00 bits per heavy atom. The molecule has 0 aliphatic rings. The molecule has 1 aromatic carbocycles. The smallest absolute Gasteiger partial charge is 0.303 e. The molecule has 0 aliphatic carbocycles. The Balaban J connectivity index is 2.58. The molecule has 3 heteroatoms. The third-order valence-electron chi connectivity index (χ3n) is 2.26. The lowest BCUT2D eigenvalue weighted by atomic mass is 9.94. The quantitative estimate of drug-likeness (QED) is 0.746. The van der Waals surface area contributed by atoms with Crippen LogP contribution in [-0.2, 0) is 4.79 Å². The summed E-state index contributed by atoms with van der Waals surface area (Å²) >= 11 is 0. The molecule has 3 N–H and O–H groups in total. The molecule has 3 nitrogen and oxygen atoms in total. The number of carboxylic acids is 1. The van der Waals surface area contributed by atoms with Gasteiger partial charge in [0.2, 0.25) is 0 Å². The molecule has 0 bridgehead atoms. The van der Waals surface area contributed by atoms with E-state index in [9.17, 15) is 4.79 Å². The third kappa shape index (κ3) is 3.18. The van der Waals surface area contributed by atoms with Crippen molar-refractivity contribution in [2.45, 2.75) is 18.8 Å². The average Bonchev–Trinajstić information content (AvgIpc) is 2.20. The standard InChI is InChI=1S/C11H15NO2/c12-8-10(6-7-11(13)14)9-4-2-1-3-5-9/h1-5,10H,6-8,12H2,(H,13,14)/t10-/m1/s1. The van der Waals surface area contributed by atoms with Crippen LogP contribution in [0.3, 0.4) is 0 Å². The van der Waals surface area contributed by atoms with Crippen LogP contribution in [0.4, 0.5) is 0 Å². The monoisotopic (exact) mass is 193 g/mol. The molecule has 0 spiro atoms. The molecule has 0 fully saturated rings. The summed E-state index contributed by atoms with van der Waals surface area (Å²) < 4.78 is 0. The number of carbonyl (C=O) groups is 1. The number of carboxylic acid groups (broad SMARTS) is 1. The summed E-state index contributed by atoms with van der Waals surface area (Å²) in [7, 11) is 0. The molecule has 1 atom stereocenters. The second-order valence-electron chi connectivity index (χ2n) is 3.28. The van der Waals surface area contributed by atoms with E-state index < -0.39 is 5.97 Å². The zero-order valence-electron chi connectivity index (χ0n) is 8.02. The first-order valence-corrected chi connectivity index (χ1v) is 4.71. The van der Waals surface area contributed by atoms with E-state index in [2.05, 4.69) is 0 Å². The van der Waals surface area contributed by atoms with Crippen LogP contribution in [0.15, 0.2) is 30.3 Å². The van der Waals surface area contributed by atoms with Gasteiger partial charge in [-0.25, -0.2) is 0 Å². The highest BCUT2D eigenvalue weighted by Gasteiger charge is 2.10. The Kier molecular flexibility index (Phi) is 4.13. The Morgan fingerprint density at radius 3 is 2.50 bits per heavy atom. The zero-order chi connectivity index (χ0) is 10.4. The van der Waals surface area contributed by atoms with Crippen molar-refractivity contribution in [1.82, 2.24) is 0 Å². The van der Waals surface area contributed by atoms with Crippen LogP contribution in [0.2, 0.25) is 0 Å². The van der Waals surface area contributed by atoms with E-state index in [4.69, 9.17) is 10.8 Å². The largest absolute Gasteiger partial charge is 0.481 e. The summed E-state index contributed by atoms with van der Waals surface area (Å²) in [5.74, 6) is -0.605. The van der Waals surface area contributed by atoms with Crippen molar-refractivity contribution in [3.8, 4) is 0 Å². The minimum absolute atomic E-state index is 0.160. The SMILES string of the molecule is NC[C@@H](CCC(=O)O)c1ccccc1. The van der Waals surface area contributed by atoms with Crippen molar-refractivity contribution >= 4 is 5.97 Å². The first-order chi connectivity index (χ1) is 6.74. The van der Waals surface area contributed by atoms with Crippen LogP contribution in [0.25, 0.3) is 0 Å². The molecule has 0 aromatic heterocycles. The predicted octanol–water partition coefficient (Wildman–Crippen LogP) is 1.59. The summed E-state index contributed by atoms with van der Waals surface area (Å²) in [6, 6.07) is 9.80. The molecule has 14 heavy (non-hydrogen) atoms. The Hall–Kier alpha value is -1.35. The third-order valence-corrected chi connectivity index (χ3v) is 2.26. The molecular formula is C11H15NO2. The van der Waals surface area contributed by atoms with Crippen molar-refractivity contribution < 1.29 is 9.90 Å². The fraction of sp³-hybridized carbons (Fsp3) is 0.364. The van der Waals surface area contributed by atoms with Crippen LogP contribution in [0.5, 0.6) is 0 Å². The molecule has 0 amide bonds. The van der Waals surface area contributed by atoms with Gasteiger partial charge in [-0.05, 0) is 24.4 Å². The Labute approximate surface area is 83.6 Å². The lowest BCUT2D eigenvalue weighted by Crippen LogP contribution is -2.13. The maximum Gasteiger partial charge on any atom is 0.303 e. The highest BCUT2D eigenvalue weighted by atomic mass is 16.4. The minimum atomic E-state index is -0.764. The van der Waals surface area contributed by atoms with Gasteiger partial charge in [0.25, 0.3) is 0 Å². The molecule has 76 valence electrons. The molecule has 1 aromatic rings. The van der Waals surface area contributed by atoms with E-state index in [0.717, 1.165) is 5.56 Å². The highest BCUT2D eigenvalue weighted by Crippen LogP contribution is 2.19. The van der Waals surface area contributed by atoms with Crippen molar-refractivity contribution in [2.75, 3.05) is 6.54 Å². The predicted molar refractivity (Wildman–Crippen MR) is 55.1 cm³/mol. The van der Waals surface area contributed by atoms with Crippen LogP contribution in [-0.4, -0.2) is 17.6 Å². The van der Waals surface area contributed by atoms with Gasteiger partial charge in [-0.3, -0.25) is 4.79 Å². The van der Waals surface area contributed by atoms with Gasteiger partial charge in [0.15, 0.2) is 0 Å².